The van der Waals surface area contributed by atoms with Crippen LogP contribution in [0.4, 0.5) is 5.69 Å². The first-order chi connectivity index (χ1) is 12.6. The lowest BCUT2D eigenvalue weighted by Crippen LogP contribution is -2.48. The number of anilines is 1. The molecule has 5 nitrogen and oxygen atoms in total. The number of amides is 1. The van der Waals surface area contributed by atoms with Crippen LogP contribution in [-0.2, 0) is 4.79 Å². The average molecular weight is 372 g/mol. The molecular weight excluding hydrogens is 348 g/mol. The molecule has 0 aliphatic carbocycles. The summed E-state index contributed by atoms with van der Waals surface area (Å²) >= 11 is 1.49. The Hall–Kier alpha value is -2.34. The molecule has 0 radical (unpaired) electrons. The van der Waals surface area contributed by atoms with Gasteiger partial charge in [-0.1, -0.05) is 12.1 Å². The summed E-state index contributed by atoms with van der Waals surface area (Å²) in [7, 11) is 1.67. The van der Waals surface area contributed by atoms with Crippen molar-refractivity contribution in [3.05, 3.63) is 46.2 Å². The van der Waals surface area contributed by atoms with Crippen molar-refractivity contribution in [2.45, 2.75) is 19.8 Å². The number of rotatable bonds is 6. The zero-order valence-electron chi connectivity index (χ0n) is 15.2. The van der Waals surface area contributed by atoms with Crippen LogP contribution >= 0.6 is 11.3 Å². The van der Waals surface area contributed by atoms with E-state index in [1.807, 2.05) is 48.2 Å². The molecule has 1 aliphatic heterocycles. The van der Waals surface area contributed by atoms with Crippen LogP contribution < -0.4 is 9.64 Å². The summed E-state index contributed by atoms with van der Waals surface area (Å²) in [5.41, 5.74) is 1.06. The molecule has 2 aromatic rings. The first kappa shape index (κ1) is 18.5. The van der Waals surface area contributed by atoms with E-state index in [2.05, 4.69) is 4.90 Å². The zero-order valence-corrected chi connectivity index (χ0v) is 16.1. The third-order valence-electron chi connectivity index (χ3n) is 4.64. The normalized spacial score (nSPS) is 14.4. The van der Waals surface area contributed by atoms with Gasteiger partial charge >= 0.3 is 0 Å². The minimum atomic E-state index is 0.0594. The number of para-hydroxylation sites is 2. The average Bonchev–Trinajstić information content (AvgIpc) is 3.12. The molecule has 0 spiro atoms. The smallest absolute Gasteiger partial charge is 0.223 e. The van der Waals surface area contributed by atoms with Crippen molar-refractivity contribution in [3.63, 3.8) is 0 Å². The number of hydrogen-bond donors (Lipinski definition) is 0. The molecule has 26 heavy (non-hydrogen) atoms. The highest BCUT2D eigenvalue weighted by Crippen LogP contribution is 2.28. The van der Waals surface area contributed by atoms with Crippen LogP contribution in [0.2, 0.25) is 0 Å². The van der Waals surface area contributed by atoms with Crippen molar-refractivity contribution in [2.24, 2.45) is 0 Å². The van der Waals surface area contributed by atoms with E-state index in [-0.39, 0.29) is 24.5 Å². The van der Waals surface area contributed by atoms with Crippen molar-refractivity contribution in [2.75, 3.05) is 38.2 Å². The highest BCUT2D eigenvalue weighted by Gasteiger charge is 2.23. The van der Waals surface area contributed by atoms with Crippen LogP contribution in [-0.4, -0.2) is 49.9 Å². The fraction of sp³-hybridized carbons (Fsp3) is 0.400. The molecule has 1 saturated heterocycles. The van der Waals surface area contributed by atoms with Crippen molar-refractivity contribution in [1.29, 1.82) is 0 Å². The molecular formula is C20H24N2O3S. The summed E-state index contributed by atoms with van der Waals surface area (Å²) in [6.45, 7) is 4.86. The number of Topliss-reactive ketones (excluding diaryl/α,β-unsaturated/α-hetero) is 1. The van der Waals surface area contributed by atoms with E-state index < -0.39 is 0 Å². The van der Waals surface area contributed by atoms with Gasteiger partial charge in [-0.3, -0.25) is 9.59 Å². The molecule has 1 aliphatic rings. The van der Waals surface area contributed by atoms with E-state index in [0.29, 0.717) is 13.1 Å². The predicted octanol–water partition coefficient (Wildman–Crippen LogP) is 3.38. The lowest BCUT2D eigenvalue weighted by molar-refractivity contribution is -0.131. The third kappa shape index (κ3) is 4.25. The first-order valence-electron chi connectivity index (χ1n) is 8.84. The predicted molar refractivity (Wildman–Crippen MR) is 104 cm³/mol. The van der Waals surface area contributed by atoms with Gasteiger partial charge in [0.25, 0.3) is 0 Å². The largest absolute Gasteiger partial charge is 0.495 e. The second-order valence-corrected chi connectivity index (χ2v) is 7.66. The third-order valence-corrected chi connectivity index (χ3v) is 5.68. The summed E-state index contributed by atoms with van der Waals surface area (Å²) in [6.07, 6.45) is 0.565. The summed E-state index contributed by atoms with van der Waals surface area (Å²) in [6, 6.07) is 11.7. The van der Waals surface area contributed by atoms with Crippen LogP contribution in [0.1, 0.15) is 27.4 Å². The van der Waals surface area contributed by atoms with Crippen LogP contribution in [0, 0.1) is 6.92 Å². The number of carbonyl (C=O) groups excluding carboxylic acids is 2. The van der Waals surface area contributed by atoms with Crippen LogP contribution in [0.15, 0.2) is 36.4 Å². The fourth-order valence-electron chi connectivity index (χ4n) is 3.17. The maximum absolute atomic E-state index is 12.4. The number of aryl methyl sites for hydroxylation is 1. The van der Waals surface area contributed by atoms with Crippen molar-refractivity contribution < 1.29 is 14.3 Å². The van der Waals surface area contributed by atoms with Gasteiger partial charge < -0.3 is 14.5 Å². The quantitative estimate of drug-likeness (QED) is 0.730. The minimum absolute atomic E-state index is 0.0594. The Kier molecular flexibility index (Phi) is 5.93. The minimum Gasteiger partial charge on any atom is -0.495 e. The van der Waals surface area contributed by atoms with Crippen molar-refractivity contribution in [3.8, 4) is 5.75 Å². The molecule has 1 aromatic carbocycles. The maximum Gasteiger partial charge on any atom is 0.223 e. The Morgan fingerprint density at radius 3 is 2.42 bits per heavy atom. The van der Waals surface area contributed by atoms with Gasteiger partial charge in [0.1, 0.15) is 5.75 Å². The monoisotopic (exact) mass is 372 g/mol. The van der Waals surface area contributed by atoms with E-state index in [4.69, 9.17) is 4.74 Å². The molecule has 6 heteroatoms. The van der Waals surface area contributed by atoms with Gasteiger partial charge in [-0.25, -0.2) is 0 Å². The summed E-state index contributed by atoms with van der Waals surface area (Å²) in [5.74, 6) is 0.972. The van der Waals surface area contributed by atoms with Gasteiger partial charge in [0.15, 0.2) is 5.78 Å². The molecule has 0 bridgehead atoms. The molecule has 0 N–H and O–H groups in total. The van der Waals surface area contributed by atoms with E-state index in [9.17, 15) is 9.59 Å². The highest BCUT2D eigenvalue weighted by atomic mass is 32.1. The fourth-order valence-corrected chi connectivity index (χ4v) is 4.01. The number of nitrogens with zero attached hydrogens (tertiary/aromatic N) is 2. The van der Waals surface area contributed by atoms with Crippen LogP contribution in [0.5, 0.6) is 5.75 Å². The zero-order chi connectivity index (χ0) is 18.5. The summed E-state index contributed by atoms with van der Waals surface area (Å²) in [4.78, 5) is 30.6. The number of piperazine rings is 1. The Morgan fingerprint density at radius 2 is 1.77 bits per heavy atom. The molecule has 0 unspecified atom stereocenters. The second kappa shape index (κ2) is 8.36. The summed E-state index contributed by atoms with van der Waals surface area (Å²) < 4.78 is 5.42. The number of hydrogen-bond acceptors (Lipinski definition) is 5. The molecule has 1 aromatic heterocycles. The number of methoxy groups -OCH3 is 1. The number of ketones is 1. The first-order valence-corrected chi connectivity index (χ1v) is 9.65. The van der Waals surface area contributed by atoms with E-state index in [1.54, 1.807) is 7.11 Å². The number of benzene rings is 1. The Labute approximate surface area is 158 Å². The SMILES string of the molecule is COc1ccccc1N1CCN(C(=O)CCC(=O)c2ccc(C)s2)CC1. The second-order valence-electron chi connectivity index (χ2n) is 6.37. The van der Waals surface area contributed by atoms with E-state index in [1.165, 1.54) is 11.3 Å². The molecule has 2 heterocycles. The number of ether oxygens (including phenoxy) is 1. The molecule has 1 amide bonds. The summed E-state index contributed by atoms with van der Waals surface area (Å²) in [5, 5.41) is 0. The van der Waals surface area contributed by atoms with Crippen molar-refractivity contribution >= 4 is 28.7 Å². The van der Waals surface area contributed by atoms with Gasteiger partial charge in [-0.05, 0) is 31.2 Å². The molecule has 0 saturated carbocycles. The van der Waals surface area contributed by atoms with Crippen molar-refractivity contribution in [1.82, 2.24) is 4.90 Å². The molecule has 1 fully saturated rings. The number of carbonyl (C=O) groups is 2. The van der Waals surface area contributed by atoms with Gasteiger partial charge in [0.05, 0.1) is 17.7 Å². The lowest BCUT2D eigenvalue weighted by atomic mass is 10.1. The Balaban J connectivity index is 1.50. The standard InChI is InChI=1S/C20H24N2O3S/c1-15-7-9-19(26-15)17(23)8-10-20(24)22-13-11-21(12-14-22)16-5-3-4-6-18(16)25-2/h3-7,9H,8,10-14H2,1-2H3. The van der Waals surface area contributed by atoms with Crippen LogP contribution in [0.25, 0.3) is 0 Å². The number of thiophene rings is 1. The lowest BCUT2D eigenvalue weighted by Gasteiger charge is -2.36. The molecule has 138 valence electrons. The van der Waals surface area contributed by atoms with E-state index in [0.717, 1.165) is 34.3 Å². The highest BCUT2D eigenvalue weighted by molar-refractivity contribution is 7.14. The maximum atomic E-state index is 12.4. The molecule has 0 atom stereocenters. The van der Waals surface area contributed by atoms with Gasteiger partial charge in [-0.2, -0.15) is 0 Å². The Bertz CT molecular complexity index is 779. The molecule has 3 rings (SSSR count). The van der Waals surface area contributed by atoms with Gasteiger partial charge in [-0.15, -0.1) is 11.3 Å². The Morgan fingerprint density at radius 1 is 1.04 bits per heavy atom. The van der Waals surface area contributed by atoms with E-state index >= 15 is 0 Å². The van der Waals surface area contributed by atoms with Gasteiger partial charge in [0.2, 0.25) is 5.91 Å². The van der Waals surface area contributed by atoms with Gasteiger partial charge in [0, 0.05) is 43.9 Å². The van der Waals surface area contributed by atoms with Crippen LogP contribution in [0.3, 0.4) is 0 Å². The topological polar surface area (TPSA) is 49.9 Å².